The van der Waals surface area contributed by atoms with Crippen molar-refractivity contribution in [1.82, 2.24) is 23.5 Å². The third kappa shape index (κ3) is 3.93. The van der Waals surface area contributed by atoms with E-state index in [2.05, 4.69) is 10.3 Å². The Bertz CT molecular complexity index is 841. The summed E-state index contributed by atoms with van der Waals surface area (Å²) in [4.78, 5) is 17.3. The van der Waals surface area contributed by atoms with E-state index in [4.69, 9.17) is 9.47 Å². The van der Waals surface area contributed by atoms with Crippen molar-refractivity contribution in [3.05, 3.63) is 18.2 Å². The van der Waals surface area contributed by atoms with Crippen LogP contribution in [-0.4, -0.2) is 85.0 Å². The van der Waals surface area contributed by atoms with Gasteiger partial charge < -0.3 is 19.4 Å². The minimum Gasteiger partial charge on any atom is -0.376 e. The topological polar surface area (TPSA) is 106 Å². The molecule has 29 heavy (non-hydrogen) atoms. The lowest BCUT2D eigenvalue weighted by atomic mass is 9.89. The van der Waals surface area contributed by atoms with E-state index in [0.717, 1.165) is 25.3 Å². The number of amides is 1. The molecule has 0 radical (unpaired) electrons. The molecule has 162 valence electrons. The van der Waals surface area contributed by atoms with Gasteiger partial charge in [0.25, 0.3) is 16.1 Å². The number of hydrogen-bond donors (Lipinski definition) is 1. The third-order valence-electron chi connectivity index (χ3n) is 5.99. The van der Waals surface area contributed by atoms with Crippen molar-refractivity contribution in [2.75, 3.05) is 40.3 Å². The van der Waals surface area contributed by atoms with E-state index in [0.29, 0.717) is 39.0 Å². The molecule has 0 aliphatic carbocycles. The number of imidazole rings is 1. The average molecular weight is 428 g/mol. The van der Waals surface area contributed by atoms with Crippen LogP contribution in [0.5, 0.6) is 0 Å². The summed E-state index contributed by atoms with van der Waals surface area (Å²) in [5.41, 5.74) is -0.758. The molecule has 3 aliphatic heterocycles. The summed E-state index contributed by atoms with van der Waals surface area (Å²) >= 11 is 0. The first kappa shape index (κ1) is 20.7. The number of carbonyl (C=O) groups excluding carboxylic acids is 1. The van der Waals surface area contributed by atoms with Crippen molar-refractivity contribution >= 4 is 16.1 Å². The first-order valence-electron chi connectivity index (χ1n) is 10.1. The molecule has 1 spiro atoms. The zero-order valence-corrected chi connectivity index (χ0v) is 17.7. The van der Waals surface area contributed by atoms with Crippen molar-refractivity contribution in [3.8, 4) is 0 Å². The van der Waals surface area contributed by atoms with Crippen molar-refractivity contribution in [1.29, 1.82) is 0 Å². The Morgan fingerprint density at radius 3 is 2.79 bits per heavy atom. The van der Waals surface area contributed by atoms with E-state index in [1.54, 1.807) is 6.20 Å². The molecule has 2 atom stereocenters. The van der Waals surface area contributed by atoms with Crippen molar-refractivity contribution in [2.45, 2.75) is 50.0 Å². The SMILES string of the molecule is CN(C)S(=O)(=O)N1CCC2(CC1)O[C@@H](C(=O)NC[C@@H]1CCCO1)Cn1ccnc12. The fourth-order valence-electron chi connectivity index (χ4n) is 4.32. The third-order valence-corrected chi connectivity index (χ3v) is 7.93. The van der Waals surface area contributed by atoms with Gasteiger partial charge >= 0.3 is 0 Å². The highest BCUT2D eigenvalue weighted by atomic mass is 32.2. The highest BCUT2D eigenvalue weighted by Gasteiger charge is 2.48. The van der Waals surface area contributed by atoms with Gasteiger partial charge in [-0.3, -0.25) is 4.79 Å². The minimum atomic E-state index is -3.48. The number of carbonyl (C=O) groups is 1. The molecule has 10 nitrogen and oxygen atoms in total. The Labute approximate surface area is 171 Å². The highest BCUT2D eigenvalue weighted by molar-refractivity contribution is 7.86. The first-order valence-corrected chi connectivity index (χ1v) is 11.5. The van der Waals surface area contributed by atoms with Gasteiger partial charge in [0.05, 0.1) is 12.6 Å². The van der Waals surface area contributed by atoms with E-state index in [9.17, 15) is 13.2 Å². The molecular formula is C18H29N5O5S. The molecule has 1 aromatic heterocycles. The van der Waals surface area contributed by atoms with Crippen LogP contribution in [0.2, 0.25) is 0 Å². The molecule has 4 heterocycles. The highest BCUT2D eigenvalue weighted by Crippen LogP contribution is 2.40. The molecule has 1 amide bonds. The molecule has 4 rings (SSSR count). The van der Waals surface area contributed by atoms with Gasteiger partial charge in [0, 0.05) is 52.7 Å². The number of aromatic nitrogens is 2. The minimum absolute atomic E-state index is 0.0692. The van der Waals surface area contributed by atoms with Crippen LogP contribution in [0, 0.1) is 0 Å². The van der Waals surface area contributed by atoms with Crippen LogP contribution in [0.1, 0.15) is 31.5 Å². The Morgan fingerprint density at radius 2 is 2.14 bits per heavy atom. The Kier molecular flexibility index (Phi) is 5.68. The first-order chi connectivity index (χ1) is 13.8. The second-order valence-corrected chi connectivity index (χ2v) is 10.2. The van der Waals surface area contributed by atoms with Crippen molar-refractivity contribution < 1.29 is 22.7 Å². The van der Waals surface area contributed by atoms with E-state index < -0.39 is 21.9 Å². The zero-order chi connectivity index (χ0) is 20.6. The fraction of sp³-hybridized carbons (Fsp3) is 0.778. The van der Waals surface area contributed by atoms with Gasteiger partial charge in [0.1, 0.15) is 11.4 Å². The number of rotatable bonds is 5. The molecule has 0 saturated carbocycles. The molecule has 2 fully saturated rings. The van der Waals surface area contributed by atoms with E-state index in [1.807, 2.05) is 10.8 Å². The van der Waals surface area contributed by atoms with Crippen LogP contribution >= 0.6 is 0 Å². The van der Waals surface area contributed by atoms with Gasteiger partial charge in [-0.2, -0.15) is 17.0 Å². The van der Waals surface area contributed by atoms with Gasteiger partial charge in [-0.05, 0) is 25.7 Å². The maximum absolute atomic E-state index is 12.8. The second kappa shape index (κ2) is 7.95. The lowest BCUT2D eigenvalue weighted by Crippen LogP contribution is -2.56. The zero-order valence-electron chi connectivity index (χ0n) is 16.9. The number of hydrogen-bond acceptors (Lipinski definition) is 6. The summed E-state index contributed by atoms with van der Waals surface area (Å²) in [6.07, 6.45) is 5.86. The number of piperidine rings is 1. The van der Waals surface area contributed by atoms with Crippen LogP contribution in [-0.2, 0) is 36.6 Å². The lowest BCUT2D eigenvalue weighted by molar-refractivity contribution is -0.171. The van der Waals surface area contributed by atoms with Crippen molar-refractivity contribution in [3.63, 3.8) is 0 Å². The normalized spacial score (nSPS) is 27.3. The summed E-state index contributed by atoms with van der Waals surface area (Å²) in [6, 6.07) is 0. The molecular weight excluding hydrogens is 398 g/mol. The standard InChI is InChI=1S/C18H29N5O5S/c1-21(2)29(25,26)23-8-5-18(6-9-23)17-19-7-10-22(17)13-15(28-18)16(24)20-12-14-4-3-11-27-14/h7,10,14-15H,3-6,8-9,11-13H2,1-2H3,(H,20,24)/t14-,15+/m0/s1. The van der Waals surface area contributed by atoms with Crippen LogP contribution < -0.4 is 5.32 Å². The Balaban J connectivity index is 1.47. The predicted octanol–water partition coefficient (Wildman–Crippen LogP) is -0.325. The van der Waals surface area contributed by atoms with E-state index in [-0.39, 0.29) is 12.0 Å². The Hall–Kier alpha value is -1.53. The number of ether oxygens (including phenoxy) is 2. The molecule has 2 saturated heterocycles. The average Bonchev–Trinajstić information content (AvgIpc) is 3.38. The molecule has 0 bridgehead atoms. The second-order valence-electron chi connectivity index (χ2n) is 8.07. The largest absolute Gasteiger partial charge is 0.376 e. The molecule has 0 unspecified atom stereocenters. The maximum atomic E-state index is 12.8. The van der Waals surface area contributed by atoms with Crippen molar-refractivity contribution in [2.24, 2.45) is 0 Å². The molecule has 1 N–H and O–H groups in total. The maximum Gasteiger partial charge on any atom is 0.281 e. The summed E-state index contributed by atoms with van der Waals surface area (Å²) in [6.45, 7) is 2.26. The number of nitrogens with one attached hydrogen (secondary N) is 1. The van der Waals surface area contributed by atoms with Crippen LogP contribution in [0.4, 0.5) is 0 Å². The van der Waals surface area contributed by atoms with E-state index >= 15 is 0 Å². The number of fused-ring (bicyclic) bond motifs is 2. The lowest BCUT2D eigenvalue weighted by Gasteiger charge is -2.45. The van der Waals surface area contributed by atoms with Crippen LogP contribution in [0.25, 0.3) is 0 Å². The number of nitrogens with zero attached hydrogens (tertiary/aromatic N) is 4. The Morgan fingerprint density at radius 1 is 1.38 bits per heavy atom. The quantitative estimate of drug-likeness (QED) is 0.690. The smallest absolute Gasteiger partial charge is 0.281 e. The molecule has 11 heteroatoms. The molecule has 1 aromatic rings. The summed E-state index contributed by atoms with van der Waals surface area (Å²) in [5, 5.41) is 2.95. The van der Waals surface area contributed by atoms with Crippen LogP contribution in [0.3, 0.4) is 0 Å². The van der Waals surface area contributed by atoms with Gasteiger partial charge in [0.15, 0.2) is 6.10 Å². The van der Waals surface area contributed by atoms with Gasteiger partial charge in [-0.25, -0.2) is 4.98 Å². The monoisotopic (exact) mass is 427 g/mol. The van der Waals surface area contributed by atoms with E-state index in [1.165, 1.54) is 22.7 Å². The fourth-order valence-corrected chi connectivity index (χ4v) is 5.42. The van der Waals surface area contributed by atoms with Gasteiger partial charge in [-0.15, -0.1) is 0 Å². The van der Waals surface area contributed by atoms with Crippen LogP contribution in [0.15, 0.2) is 12.4 Å². The molecule has 3 aliphatic rings. The summed E-state index contributed by atoms with van der Waals surface area (Å²) in [7, 11) is -0.425. The summed E-state index contributed by atoms with van der Waals surface area (Å²) < 4.78 is 41.4. The molecule has 0 aromatic carbocycles. The van der Waals surface area contributed by atoms with Gasteiger partial charge in [-0.1, -0.05) is 0 Å². The predicted molar refractivity (Wildman–Crippen MR) is 104 cm³/mol. The van der Waals surface area contributed by atoms with Gasteiger partial charge in [0.2, 0.25) is 0 Å². The summed E-state index contributed by atoms with van der Waals surface area (Å²) in [5.74, 6) is 0.602.